The summed E-state index contributed by atoms with van der Waals surface area (Å²) in [5.41, 5.74) is 4.79. The van der Waals surface area contributed by atoms with E-state index in [0.29, 0.717) is 5.70 Å². The zero-order chi connectivity index (χ0) is 7.78. The van der Waals surface area contributed by atoms with Crippen molar-refractivity contribution in [1.29, 1.82) is 0 Å². The van der Waals surface area contributed by atoms with E-state index in [-0.39, 0.29) is 12.2 Å². The second-order valence-electron chi connectivity index (χ2n) is 2.81. The van der Waals surface area contributed by atoms with Gasteiger partial charge in [0.25, 0.3) is 0 Å². The van der Waals surface area contributed by atoms with E-state index in [1.807, 2.05) is 0 Å². The molecule has 1 aliphatic rings. The Morgan fingerprint density at radius 1 is 1.70 bits per heavy atom. The summed E-state index contributed by atoms with van der Waals surface area (Å²) >= 11 is 0. The van der Waals surface area contributed by atoms with E-state index < -0.39 is 5.60 Å². The highest BCUT2D eigenvalue weighted by molar-refractivity contribution is 5.27. The van der Waals surface area contributed by atoms with Gasteiger partial charge in [-0.05, 0) is 19.1 Å². The molecule has 0 amide bonds. The van der Waals surface area contributed by atoms with Crippen molar-refractivity contribution in [2.75, 3.05) is 0 Å². The molecule has 1 aliphatic carbocycles. The summed E-state index contributed by atoms with van der Waals surface area (Å²) in [7, 11) is 0. The number of hydrogen-bond acceptors (Lipinski definition) is 3. The van der Waals surface area contributed by atoms with Crippen LogP contribution >= 0.6 is 0 Å². The molecular weight excluding hydrogens is 130 g/mol. The van der Waals surface area contributed by atoms with E-state index in [2.05, 4.69) is 0 Å². The molecule has 0 radical (unpaired) electrons. The summed E-state index contributed by atoms with van der Waals surface area (Å²) in [6.07, 6.45) is 3.21. The molecule has 3 nitrogen and oxygen atoms in total. The zero-order valence-corrected chi connectivity index (χ0v) is 5.83. The van der Waals surface area contributed by atoms with Crippen molar-refractivity contribution in [1.82, 2.24) is 0 Å². The fourth-order valence-corrected chi connectivity index (χ4v) is 1.06. The molecule has 0 bridgehead atoms. The Kier molecular flexibility index (Phi) is 1.45. The van der Waals surface area contributed by atoms with Gasteiger partial charge in [-0.1, -0.05) is 0 Å². The lowest BCUT2D eigenvalue weighted by Crippen LogP contribution is -2.26. The van der Waals surface area contributed by atoms with Gasteiger partial charge in [0.2, 0.25) is 0 Å². The third-order valence-electron chi connectivity index (χ3n) is 1.35. The maximum absolute atomic E-state index is 9.36. The standard InChI is InChI=1S/C7H11NO2/c1-7(10)3-5(8)2-6(9)4-7/h2-3,9-10H,4,8H2,1H3. The number of aliphatic hydroxyl groups is 2. The minimum Gasteiger partial charge on any atom is -0.512 e. The number of rotatable bonds is 0. The van der Waals surface area contributed by atoms with Crippen LogP contribution in [0.5, 0.6) is 0 Å². The van der Waals surface area contributed by atoms with Crippen LogP contribution < -0.4 is 5.73 Å². The summed E-state index contributed by atoms with van der Waals surface area (Å²) in [6.45, 7) is 1.60. The molecular formula is C7H11NO2. The number of aliphatic hydroxyl groups excluding tert-OH is 1. The molecule has 0 spiro atoms. The predicted molar refractivity (Wildman–Crippen MR) is 38.2 cm³/mol. The van der Waals surface area contributed by atoms with E-state index in [1.165, 1.54) is 12.2 Å². The SMILES string of the molecule is CC1(O)C=C(N)C=C(O)C1. The van der Waals surface area contributed by atoms with Gasteiger partial charge >= 0.3 is 0 Å². The predicted octanol–water partition coefficient (Wildman–Crippen LogP) is 0.426. The van der Waals surface area contributed by atoms with E-state index in [9.17, 15) is 5.11 Å². The first-order valence-electron chi connectivity index (χ1n) is 3.10. The fraction of sp³-hybridized carbons (Fsp3) is 0.429. The molecule has 0 saturated heterocycles. The topological polar surface area (TPSA) is 66.5 Å². The van der Waals surface area contributed by atoms with Crippen molar-refractivity contribution in [2.24, 2.45) is 5.73 Å². The van der Waals surface area contributed by atoms with Crippen molar-refractivity contribution in [3.05, 3.63) is 23.6 Å². The first-order chi connectivity index (χ1) is 4.49. The van der Waals surface area contributed by atoms with Crippen molar-refractivity contribution in [2.45, 2.75) is 18.9 Å². The second-order valence-corrected chi connectivity index (χ2v) is 2.81. The van der Waals surface area contributed by atoms with Crippen LogP contribution in [0.25, 0.3) is 0 Å². The largest absolute Gasteiger partial charge is 0.512 e. The number of nitrogens with two attached hydrogens (primary N) is 1. The quantitative estimate of drug-likeness (QED) is 0.458. The molecule has 0 aromatic rings. The molecule has 1 rings (SSSR count). The van der Waals surface area contributed by atoms with Crippen LogP contribution in [0.2, 0.25) is 0 Å². The van der Waals surface area contributed by atoms with Gasteiger partial charge in [0.05, 0.1) is 11.4 Å². The molecule has 10 heavy (non-hydrogen) atoms. The molecule has 0 heterocycles. The summed E-state index contributed by atoms with van der Waals surface area (Å²) in [5.74, 6) is 0.130. The first-order valence-corrected chi connectivity index (χ1v) is 3.10. The summed E-state index contributed by atoms with van der Waals surface area (Å²) in [5, 5.41) is 18.4. The Morgan fingerprint density at radius 3 is 2.70 bits per heavy atom. The molecule has 0 aliphatic heterocycles. The summed E-state index contributed by atoms with van der Waals surface area (Å²) in [4.78, 5) is 0. The highest BCUT2D eigenvalue weighted by Gasteiger charge is 2.22. The first kappa shape index (κ1) is 7.15. The fourth-order valence-electron chi connectivity index (χ4n) is 1.06. The van der Waals surface area contributed by atoms with Crippen LogP contribution in [0.1, 0.15) is 13.3 Å². The molecule has 4 N–H and O–H groups in total. The average Bonchev–Trinajstić information content (AvgIpc) is 1.54. The average molecular weight is 141 g/mol. The third kappa shape index (κ3) is 1.51. The van der Waals surface area contributed by atoms with Crippen LogP contribution in [-0.4, -0.2) is 15.8 Å². The Hall–Kier alpha value is -0.960. The van der Waals surface area contributed by atoms with Crippen LogP contribution in [0, 0.1) is 0 Å². The molecule has 0 saturated carbocycles. The lowest BCUT2D eigenvalue weighted by molar-refractivity contribution is 0.0955. The van der Waals surface area contributed by atoms with Gasteiger partial charge in [-0.25, -0.2) is 0 Å². The van der Waals surface area contributed by atoms with Gasteiger partial charge in [-0.2, -0.15) is 0 Å². The van der Waals surface area contributed by atoms with Crippen molar-refractivity contribution in [3.63, 3.8) is 0 Å². The smallest absolute Gasteiger partial charge is 0.0974 e. The van der Waals surface area contributed by atoms with E-state index in [1.54, 1.807) is 6.92 Å². The molecule has 1 unspecified atom stereocenters. The highest BCUT2D eigenvalue weighted by Crippen LogP contribution is 2.22. The Labute approximate surface area is 59.5 Å². The van der Waals surface area contributed by atoms with Gasteiger partial charge in [0.15, 0.2) is 0 Å². The third-order valence-corrected chi connectivity index (χ3v) is 1.35. The van der Waals surface area contributed by atoms with Crippen LogP contribution in [-0.2, 0) is 0 Å². The maximum atomic E-state index is 9.36. The zero-order valence-electron chi connectivity index (χ0n) is 5.83. The Bertz CT molecular complexity index is 204. The van der Waals surface area contributed by atoms with E-state index >= 15 is 0 Å². The second kappa shape index (κ2) is 2.02. The number of allylic oxidation sites excluding steroid dienone is 1. The molecule has 0 aromatic carbocycles. The van der Waals surface area contributed by atoms with Crippen LogP contribution in [0.4, 0.5) is 0 Å². The number of hydrogen-bond donors (Lipinski definition) is 3. The van der Waals surface area contributed by atoms with Gasteiger partial charge < -0.3 is 15.9 Å². The Morgan fingerprint density at radius 2 is 2.30 bits per heavy atom. The van der Waals surface area contributed by atoms with Gasteiger partial charge in [-0.15, -0.1) is 0 Å². The molecule has 0 fully saturated rings. The van der Waals surface area contributed by atoms with Crippen LogP contribution in [0.15, 0.2) is 23.6 Å². The lowest BCUT2D eigenvalue weighted by Gasteiger charge is -2.22. The minimum atomic E-state index is -0.983. The lowest BCUT2D eigenvalue weighted by atomic mass is 9.95. The van der Waals surface area contributed by atoms with Gasteiger partial charge in [0.1, 0.15) is 0 Å². The normalized spacial score (nSPS) is 33.0. The molecule has 56 valence electrons. The van der Waals surface area contributed by atoms with Gasteiger partial charge in [0, 0.05) is 12.1 Å². The van der Waals surface area contributed by atoms with Crippen molar-refractivity contribution < 1.29 is 10.2 Å². The molecule has 3 heteroatoms. The minimum absolute atomic E-state index is 0.130. The maximum Gasteiger partial charge on any atom is 0.0974 e. The highest BCUT2D eigenvalue weighted by atomic mass is 16.3. The van der Waals surface area contributed by atoms with E-state index in [0.717, 1.165) is 0 Å². The summed E-state index contributed by atoms with van der Waals surface area (Å²) < 4.78 is 0. The summed E-state index contributed by atoms with van der Waals surface area (Å²) in [6, 6.07) is 0. The van der Waals surface area contributed by atoms with Crippen molar-refractivity contribution in [3.8, 4) is 0 Å². The van der Waals surface area contributed by atoms with Crippen molar-refractivity contribution >= 4 is 0 Å². The molecule has 0 aromatic heterocycles. The monoisotopic (exact) mass is 141 g/mol. The van der Waals surface area contributed by atoms with Gasteiger partial charge in [-0.3, -0.25) is 0 Å². The van der Waals surface area contributed by atoms with Crippen LogP contribution in [0.3, 0.4) is 0 Å². The Balaban J connectivity index is 2.88. The van der Waals surface area contributed by atoms with E-state index in [4.69, 9.17) is 10.8 Å². The molecule has 1 atom stereocenters.